The Morgan fingerprint density at radius 3 is 2.14 bits per heavy atom. The molecule has 3 aliphatic rings. The number of aliphatic hydroxyl groups excluding tert-OH is 1. The molecule has 6 N–H and O–H groups in total. The zero-order chi connectivity index (χ0) is 31.0. The van der Waals surface area contributed by atoms with Crippen molar-refractivity contribution in [1.82, 2.24) is 39.0 Å². The van der Waals surface area contributed by atoms with E-state index in [1.54, 1.807) is 0 Å². The van der Waals surface area contributed by atoms with Gasteiger partial charge in [0.1, 0.15) is 48.1 Å². The van der Waals surface area contributed by atoms with E-state index in [4.69, 9.17) is 34.2 Å². The Morgan fingerprint density at radius 2 is 1.50 bits per heavy atom. The first-order valence-electron chi connectivity index (χ1n) is 13.0. The number of aromatic nitrogens is 8. The maximum Gasteiger partial charge on any atom is 0.472 e. The molecule has 4 aromatic heterocycles. The number of alkyl halides is 1. The Bertz CT molecular complexity index is 1900. The molecular formula is C21H24FN10O10PS. The van der Waals surface area contributed by atoms with Crippen LogP contribution in [-0.2, 0) is 37.4 Å². The smallest absolute Gasteiger partial charge is 0.387 e. The van der Waals surface area contributed by atoms with Crippen molar-refractivity contribution < 1.29 is 50.1 Å². The van der Waals surface area contributed by atoms with E-state index >= 15 is 4.39 Å². The quantitative estimate of drug-likeness (QED) is 0.148. The van der Waals surface area contributed by atoms with Crippen molar-refractivity contribution in [2.75, 3.05) is 23.8 Å². The first kappa shape index (κ1) is 29.3. The highest BCUT2D eigenvalue weighted by atomic mass is 32.2. The van der Waals surface area contributed by atoms with Crippen LogP contribution in [0.3, 0.4) is 0 Å². The summed E-state index contributed by atoms with van der Waals surface area (Å²) in [5.74, 6) is -0.676. The second kappa shape index (κ2) is 10.6. The van der Waals surface area contributed by atoms with Crippen molar-refractivity contribution in [3.8, 4) is 0 Å². The fourth-order valence-corrected chi connectivity index (χ4v) is 7.52. The molecule has 0 spiro atoms. The van der Waals surface area contributed by atoms with E-state index in [2.05, 4.69) is 29.9 Å². The zero-order valence-electron chi connectivity index (χ0n) is 22.2. The average molecular weight is 659 g/mol. The van der Waals surface area contributed by atoms with Crippen molar-refractivity contribution in [2.45, 2.75) is 55.6 Å². The van der Waals surface area contributed by atoms with Crippen LogP contribution in [0.25, 0.3) is 22.3 Å². The molecular weight excluding hydrogens is 634 g/mol. The number of anilines is 2. The number of nitrogens with two attached hydrogens (primary N) is 2. The lowest BCUT2D eigenvalue weighted by atomic mass is 10.1. The Kier molecular flexibility index (Phi) is 7.02. The lowest BCUT2D eigenvalue weighted by molar-refractivity contribution is -0.0561. The second-order valence-electron chi connectivity index (χ2n) is 10.2. The summed E-state index contributed by atoms with van der Waals surface area (Å²) >= 11 is 0. The normalized spacial score (nSPS) is 36.1. The fraction of sp³-hybridized carbons (Fsp3) is 0.524. The van der Waals surface area contributed by atoms with E-state index in [9.17, 15) is 23.0 Å². The van der Waals surface area contributed by atoms with E-state index in [1.807, 2.05) is 0 Å². The summed E-state index contributed by atoms with van der Waals surface area (Å²) in [5.41, 5.74) is 12.2. The van der Waals surface area contributed by atoms with Gasteiger partial charge in [-0.1, -0.05) is 0 Å². The van der Waals surface area contributed by atoms with Gasteiger partial charge >= 0.3 is 7.82 Å². The van der Waals surface area contributed by atoms with E-state index in [0.29, 0.717) is 0 Å². The van der Waals surface area contributed by atoms with Gasteiger partial charge in [-0.05, 0) is 6.42 Å². The molecule has 44 heavy (non-hydrogen) atoms. The minimum absolute atomic E-state index is 0.0159. The van der Waals surface area contributed by atoms with Gasteiger partial charge in [0.15, 0.2) is 41.6 Å². The first-order valence-corrected chi connectivity index (χ1v) is 16.1. The SMILES string of the molecule is Nc1ncnc2c1ncn2C1O[C@@H]2COP(=O)(O)O[C@@H]3[C@H](O)C(CCS(=O)(=O)O[C@H]2[C@H]1F)O[C@H]3n1cnc2c(N)ncnc21. The zero-order valence-corrected chi connectivity index (χ0v) is 23.9. The molecule has 3 aliphatic heterocycles. The molecule has 0 saturated carbocycles. The van der Waals surface area contributed by atoms with Gasteiger partial charge in [0.2, 0.25) is 0 Å². The average Bonchev–Trinajstić information content (AvgIpc) is 3.73. The van der Waals surface area contributed by atoms with Crippen molar-refractivity contribution >= 4 is 51.9 Å². The molecule has 0 aromatic carbocycles. The van der Waals surface area contributed by atoms with Gasteiger partial charge in [-0.25, -0.2) is 38.9 Å². The molecule has 23 heteroatoms. The number of aliphatic hydroxyl groups is 1. The largest absolute Gasteiger partial charge is 0.472 e. The monoisotopic (exact) mass is 658 g/mol. The number of hydrogen-bond acceptors (Lipinski definition) is 17. The number of fused-ring (bicyclic) bond motifs is 5. The van der Waals surface area contributed by atoms with Gasteiger partial charge in [-0.2, -0.15) is 8.42 Å². The first-order chi connectivity index (χ1) is 20.9. The van der Waals surface area contributed by atoms with Crippen LogP contribution < -0.4 is 11.5 Å². The maximum absolute atomic E-state index is 15.9. The predicted octanol–water partition coefficient (Wildman–Crippen LogP) is -1.05. The maximum atomic E-state index is 15.9. The van der Waals surface area contributed by atoms with Crippen LogP contribution in [0.15, 0.2) is 25.3 Å². The van der Waals surface area contributed by atoms with Crippen molar-refractivity contribution in [3.05, 3.63) is 25.3 Å². The number of phosphoric ester groups is 1. The van der Waals surface area contributed by atoms with Crippen LogP contribution in [0.4, 0.5) is 16.0 Å². The van der Waals surface area contributed by atoms with Crippen LogP contribution >= 0.6 is 7.82 Å². The Labute approximate surface area is 245 Å². The summed E-state index contributed by atoms with van der Waals surface area (Å²) in [7, 11) is -9.57. The van der Waals surface area contributed by atoms with Gasteiger partial charge in [0.05, 0.1) is 31.1 Å². The lowest BCUT2D eigenvalue weighted by Gasteiger charge is -2.25. The van der Waals surface area contributed by atoms with Gasteiger partial charge in [-0.3, -0.25) is 22.4 Å². The molecule has 3 unspecified atom stereocenters. The highest BCUT2D eigenvalue weighted by molar-refractivity contribution is 7.86. The van der Waals surface area contributed by atoms with Crippen LogP contribution in [-0.4, -0.2) is 107 Å². The molecule has 9 atom stereocenters. The van der Waals surface area contributed by atoms with Crippen LogP contribution in [0, 0.1) is 0 Å². The Hall–Kier alpha value is -3.47. The Balaban J connectivity index is 1.20. The third-order valence-corrected chi connectivity index (χ3v) is 9.71. The molecule has 3 fully saturated rings. The number of ether oxygens (including phenoxy) is 2. The number of nitrogen functional groups attached to an aromatic ring is 2. The van der Waals surface area contributed by atoms with Crippen LogP contribution in [0.2, 0.25) is 0 Å². The standard InChI is InChI=1S/C21H24FN10O10PS/c22-10-14-9(40-20(10)31-6-29-11-16(23)25-4-27-18(11)31)3-38-43(34,35)41-15-13(33)8(1-2-44(36,37)42-14)39-21(15)32-7-30-12-17(24)26-5-28-19(12)32/h4-10,13-15,20-21,33H,1-3H2,(H,34,35)(H2,23,25,27)(H2,24,26,28)/t8?,9-,10-,13-,14-,15-,20?,21-/m1/s1. The molecule has 236 valence electrons. The number of nitrogens with zero attached hydrogens (tertiary/aromatic N) is 8. The predicted molar refractivity (Wildman–Crippen MR) is 142 cm³/mol. The molecule has 20 nitrogen and oxygen atoms in total. The summed E-state index contributed by atoms with van der Waals surface area (Å²) in [4.78, 5) is 34.7. The minimum atomic E-state index is -5.07. The summed E-state index contributed by atoms with van der Waals surface area (Å²) in [6, 6.07) is 0. The van der Waals surface area contributed by atoms with E-state index in [1.165, 1.54) is 21.8 Å². The van der Waals surface area contributed by atoms with Crippen LogP contribution in [0.5, 0.6) is 0 Å². The summed E-state index contributed by atoms with van der Waals surface area (Å²) in [6.07, 6.45) is -8.51. The molecule has 7 heterocycles. The summed E-state index contributed by atoms with van der Waals surface area (Å²) < 4.78 is 85.1. The second-order valence-corrected chi connectivity index (χ2v) is 13.3. The summed E-state index contributed by atoms with van der Waals surface area (Å²) in [5, 5.41) is 11.0. The number of halogens is 1. The number of rotatable bonds is 2. The molecule has 4 aromatic rings. The molecule has 2 bridgehead atoms. The topological polar surface area (TPSA) is 277 Å². The summed E-state index contributed by atoms with van der Waals surface area (Å²) in [6.45, 7) is -0.857. The van der Waals surface area contributed by atoms with Crippen molar-refractivity contribution in [3.63, 3.8) is 0 Å². The van der Waals surface area contributed by atoms with Gasteiger partial charge in [0.25, 0.3) is 10.1 Å². The van der Waals surface area contributed by atoms with Crippen molar-refractivity contribution in [2.24, 2.45) is 0 Å². The van der Waals surface area contributed by atoms with Crippen molar-refractivity contribution in [1.29, 1.82) is 0 Å². The number of imidazole rings is 2. The number of phosphoric acid groups is 1. The lowest BCUT2D eigenvalue weighted by Crippen LogP contribution is -2.37. The van der Waals surface area contributed by atoms with E-state index < -0.39 is 79.4 Å². The third-order valence-electron chi connectivity index (χ3n) is 7.47. The number of hydrogen-bond donors (Lipinski definition) is 4. The Morgan fingerprint density at radius 1 is 0.909 bits per heavy atom. The third kappa shape index (κ3) is 4.97. The molecule has 3 saturated heterocycles. The molecule has 7 rings (SSSR count). The molecule has 0 aliphatic carbocycles. The highest BCUT2D eigenvalue weighted by Crippen LogP contribution is 2.51. The van der Waals surface area contributed by atoms with E-state index in [-0.39, 0.29) is 40.4 Å². The fourth-order valence-electron chi connectivity index (χ4n) is 5.40. The molecule has 0 radical (unpaired) electrons. The van der Waals surface area contributed by atoms with Gasteiger partial charge in [0, 0.05) is 0 Å². The van der Waals surface area contributed by atoms with Crippen LogP contribution in [0.1, 0.15) is 18.9 Å². The van der Waals surface area contributed by atoms with E-state index in [0.717, 1.165) is 12.7 Å². The highest BCUT2D eigenvalue weighted by Gasteiger charge is 2.53. The van der Waals surface area contributed by atoms with Gasteiger partial charge in [-0.15, -0.1) is 0 Å². The minimum Gasteiger partial charge on any atom is -0.387 e. The molecule has 0 amide bonds. The van der Waals surface area contributed by atoms with Gasteiger partial charge < -0.3 is 30.9 Å².